The van der Waals surface area contributed by atoms with Crippen LogP contribution in [0.5, 0.6) is 5.75 Å². The van der Waals surface area contributed by atoms with Gasteiger partial charge in [-0.2, -0.15) is 0 Å². The number of hydrogen-bond acceptors (Lipinski definition) is 2. The van der Waals surface area contributed by atoms with Crippen LogP contribution in [-0.2, 0) is 6.42 Å². The molecule has 0 fully saturated rings. The minimum Gasteiger partial charge on any atom is -0.497 e. The molecule has 0 radical (unpaired) electrons. The van der Waals surface area contributed by atoms with Crippen molar-refractivity contribution >= 4 is 33.6 Å². The molecule has 0 N–H and O–H groups in total. The lowest BCUT2D eigenvalue weighted by atomic mass is 10.1. The summed E-state index contributed by atoms with van der Waals surface area (Å²) in [5.74, 6) is 0.841. The lowest BCUT2D eigenvalue weighted by Gasteiger charge is -1.98. The van der Waals surface area contributed by atoms with E-state index in [1.165, 1.54) is 10.9 Å². The van der Waals surface area contributed by atoms with Gasteiger partial charge in [0, 0.05) is 15.9 Å². The summed E-state index contributed by atoms with van der Waals surface area (Å²) >= 11 is 2.37. The van der Waals surface area contributed by atoms with Crippen molar-refractivity contribution in [3.05, 3.63) is 30.0 Å². The van der Waals surface area contributed by atoms with E-state index in [1.54, 1.807) is 7.11 Å². The van der Waals surface area contributed by atoms with E-state index in [0.29, 0.717) is 0 Å². The average Bonchev–Trinajstić information content (AvgIpc) is 2.61. The van der Waals surface area contributed by atoms with Crippen LogP contribution in [0, 0.1) is 0 Å². The zero-order chi connectivity index (χ0) is 9.97. The van der Waals surface area contributed by atoms with Crippen molar-refractivity contribution in [1.82, 2.24) is 0 Å². The van der Waals surface area contributed by atoms with Crippen molar-refractivity contribution < 1.29 is 9.15 Å². The molecule has 0 aliphatic carbocycles. The lowest BCUT2D eigenvalue weighted by Crippen LogP contribution is -1.83. The zero-order valence-corrected chi connectivity index (χ0v) is 10.1. The van der Waals surface area contributed by atoms with Crippen molar-refractivity contribution in [2.24, 2.45) is 0 Å². The second-order valence-electron chi connectivity index (χ2n) is 3.06. The number of benzene rings is 1. The quantitative estimate of drug-likeness (QED) is 0.640. The highest BCUT2D eigenvalue weighted by molar-refractivity contribution is 14.1. The van der Waals surface area contributed by atoms with Gasteiger partial charge in [-0.3, -0.25) is 0 Å². The van der Waals surface area contributed by atoms with Gasteiger partial charge in [0.15, 0.2) is 0 Å². The Bertz CT molecular complexity index is 434. The fourth-order valence-corrected chi connectivity index (χ4v) is 2.07. The molecule has 1 aromatic heterocycles. The highest BCUT2D eigenvalue weighted by Gasteiger charge is 2.05. The minimum atomic E-state index is 0.841. The highest BCUT2D eigenvalue weighted by Crippen LogP contribution is 2.25. The van der Waals surface area contributed by atoms with Crippen LogP contribution >= 0.6 is 22.6 Å². The van der Waals surface area contributed by atoms with Gasteiger partial charge in [0.1, 0.15) is 11.3 Å². The van der Waals surface area contributed by atoms with Gasteiger partial charge in [-0.05, 0) is 24.1 Å². The SMILES string of the molecule is COc1ccc2c(CCI)coc2c1. The van der Waals surface area contributed by atoms with Crippen LogP contribution in [0.25, 0.3) is 11.0 Å². The van der Waals surface area contributed by atoms with Crippen LogP contribution in [0.3, 0.4) is 0 Å². The normalized spacial score (nSPS) is 10.7. The number of ether oxygens (including phenoxy) is 1. The van der Waals surface area contributed by atoms with Gasteiger partial charge in [0.25, 0.3) is 0 Å². The van der Waals surface area contributed by atoms with Crippen LogP contribution in [0.15, 0.2) is 28.9 Å². The van der Waals surface area contributed by atoms with Gasteiger partial charge in [-0.25, -0.2) is 0 Å². The van der Waals surface area contributed by atoms with Crippen molar-refractivity contribution in [3.63, 3.8) is 0 Å². The Hall–Kier alpha value is -0.710. The molecule has 0 unspecified atom stereocenters. The summed E-state index contributed by atoms with van der Waals surface area (Å²) in [7, 11) is 1.66. The first-order valence-corrected chi connectivity index (χ1v) is 5.98. The number of hydrogen-bond donors (Lipinski definition) is 0. The first kappa shape index (κ1) is 9.83. The lowest BCUT2D eigenvalue weighted by molar-refractivity contribution is 0.414. The van der Waals surface area contributed by atoms with Gasteiger partial charge in [0.2, 0.25) is 0 Å². The Kier molecular flexibility index (Phi) is 2.96. The van der Waals surface area contributed by atoms with E-state index in [-0.39, 0.29) is 0 Å². The van der Waals surface area contributed by atoms with Gasteiger partial charge in [-0.15, -0.1) is 0 Å². The smallest absolute Gasteiger partial charge is 0.137 e. The van der Waals surface area contributed by atoms with E-state index in [0.717, 1.165) is 22.2 Å². The topological polar surface area (TPSA) is 22.4 Å². The molecule has 1 aromatic carbocycles. The van der Waals surface area contributed by atoms with Gasteiger partial charge >= 0.3 is 0 Å². The van der Waals surface area contributed by atoms with E-state index < -0.39 is 0 Å². The average molecular weight is 302 g/mol. The number of furan rings is 1. The summed E-state index contributed by atoms with van der Waals surface area (Å²) in [6, 6.07) is 5.94. The minimum absolute atomic E-state index is 0.841. The summed E-state index contributed by atoms with van der Waals surface area (Å²) in [6.45, 7) is 0. The molecule has 3 heteroatoms. The third-order valence-corrected chi connectivity index (χ3v) is 2.77. The van der Waals surface area contributed by atoms with Crippen molar-refractivity contribution in [1.29, 1.82) is 0 Å². The van der Waals surface area contributed by atoms with Crippen LogP contribution < -0.4 is 4.74 Å². The maximum atomic E-state index is 5.46. The first-order valence-electron chi connectivity index (χ1n) is 4.45. The molecule has 2 rings (SSSR count). The molecule has 14 heavy (non-hydrogen) atoms. The molecule has 74 valence electrons. The summed E-state index contributed by atoms with van der Waals surface area (Å²) < 4.78 is 11.7. The molecule has 0 aliphatic rings. The van der Waals surface area contributed by atoms with Crippen LogP contribution in [-0.4, -0.2) is 11.5 Å². The second-order valence-corrected chi connectivity index (χ2v) is 4.14. The molecule has 0 aliphatic heterocycles. The molecular weight excluding hydrogens is 291 g/mol. The molecule has 0 saturated heterocycles. The number of halogens is 1. The van der Waals surface area contributed by atoms with Crippen molar-refractivity contribution in [3.8, 4) is 5.75 Å². The summed E-state index contributed by atoms with van der Waals surface area (Å²) in [5.41, 5.74) is 2.18. The zero-order valence-electron chi connectivity index (χ0n) is 7.92. The Morgan fingerprint density at radius 1 is 1.43 bits per heavy atom. The maximum Gasteiger partial charge on any atom is 0.137 e. The molecule has 0 amide bonds. The van der Waals surface area contributed by atoms with Crippen LogP contribution in [0.1, 0.15) is 5.56 Å². The van der Waals surface area contributed by atoms with E-state index in [1.807, 2.05) is 18.4 Å². The molecule has 1 heterocycles. The number of aryl methyl sites for hydroxylation is 1. The summed E-state index contributed by atoms with van der Waals surface area (Å²) in [6.07, 6.45) is 2.89. The highest BCUT2D eigenvalue weighted by atomic mass is 127. The van der Waals surface area contributed by atoms with Gasteiger partial charge in [-0.1, -0.05) is 22.6 Å². The number of fused-ring (bicyclic) bond motifs is 1. The Morgan fingerprint density at radius 3 is 3.00 bits per heavy atom. The molecule has 2 nitrogen and oxygen atoms in total. The van der Waals surface area contributed by atoms with Gasteiger partial charge in [0.05, 0.1) is 13.4 Å². The number of methoxy groups -OCH3 is 1. The molecule has 0 atom stereocenters. The van der Waals surface area contributed by atoms with E-state index in [9.17, 15) is 0 Å². The van der Waals surface area contributed by atoms with Crippen molar-refractivity contribution in [2.45, 2.75) is 6.42 Å². The van der Waals surface area contributed by atoms with E-state index >= 15 is 0 Å². The van der Waals surface area contributed by atoms with Gasteiger partial charge < -0.3 is 9.15 Å². The van der Waals surface area contributed by atoms with Crippen LogP contribution in [0.2, 0.25) is 0 Å². The monoisotopic (exact) mass is 302 g/mol. The molecule has 0 saturated carbocycles. The second kappa shape index (κ2) is 4.21. The van der Waals surface area contributed by atoms with E-state index in [4.69, 9.17) is 9.15 Å². The predicted octanol–water partition coefficient (Wildman–Crippen LogP) is 3.42. The number of alkyl halides is 1. The van der Waals surface area contributed by atoms with E-state index in [2.05, 4.69) is 28.7 Å². The molecule has 2 aromatic rings. The third kappa shape index (κ3) is 1.73. The van der Waals surface area contributed by atoms with Crippen LogP contribution in [0.4, 0.5) is 0 Å². The standard InChI is InChI=1S/C11H11IO2/c1-13-9-2-3-10-8(4-5-12)7-14-11(10)6-9/h2-3,6-7H,4-5H2,1H3. The largest absolute Gasteiger partial charge is 0.497 e. The fourth-order valence-electron chi connectivity index (χ4n) is 1.49. The maximum absolute atomic E-state index is 5.46. The predicted molar refractivity (Wildman–Crippen MR) is 65.4 cm³/mol. The first-order chi connectivity index (χ1) is 6.85. The Morgan fingerprint density at radius 2 is 2.29 bits per heavy atom. The molecule has 0 spiro atoms. The molecule has 0 bridgehead atoms. The third-order valence-electron chi connectivity index (χ3n) is 2.23. The van der Waals surface area contributed by atoms with Crippen molar-refractivity contribution in [2.75, 3.05) is 11.5 Å². The Labute approximate surface area is 96.4 Å². The molecular formula is C11H11IO2. The fraction of sp³-hybridized carbons (Fsp3) is 0.273. The summed E-state index contributed by atoms with van der Waals surface area (Å²) in [5, 5.41) is 1.20. The number of rotatable bonds is 3. The summed E-state index contributed by atoms with van der Waals surface area (Å²) in [4.78, 5) is 0. The Balaban J connectivity index is 2.48.